The normalized spacial score (nSPS) is 11.8. The highest BCUT2D eigenvalue weighted by Gasteiger charge is 2.15. The summed E-state index contributed by atoms with van der Waals surface area (Å²) >= 11 is 1.20. The smallest absolute Gasteiger partial charge is 0.271 e. The molecule has 3 aromatic rings. The lowest BCUT2D eigenvalue weighted by atomic mass is 10.2. The van der Waals surface area contributed by atoms with Crippen LogP contribution in [0.5, 0.6) is 0 Å². The van der Waals surface area contributed by atoms with E-state index in [0.717, 1.165) is 10.9 Å². The molecule has 0 saturated carbocycles. The molecule has 0 amide bonds. The Morgan fingerprint density at radius 2 is 2.05 bits per heavy atom. The summed E-state index contributed by atoms with van der Waals surface area (Å²) in [7, 11) is -1.51. The molecule has 0 spiro atoms. The maximum absolute atomic E-state index is 12.1. The van der Waals surface area contributed by atoms with Gasteiger partial charge < -0.3 is 4.57 Å². The predicted molar refractivity (Wildman–Crippen MR) is 78.0 cm³/mol. The molecule has 0 fully saturated rings. The number of sulfonamides is 1. The van der Waals surface area contributed by atoms with Crippen LogP contribution in [0.25, 0.3) is 10.9 Å². The minimum atomic E-state index is -3.47. The third kappa shape index (κ3) is 2.24. The molecule has 0 radical (unpaired) electrons. The first kappa shape index (κ1) is 12.3. The first-order valence-corrected chi connectivity index (χ1v) is 8.04. The number of aromatic nitrogens is 1. The average molecular weight is 292 g/mol. The number of hydrogen-bond acceptors (Lipinski definition) is 3. The second-order valence-corrected chi connectivity index (χ2v) is 7.09. The lowest BCUT2D eigenvalue weighted by Crippen LogP contribution is -2.11. The van der Waals surface area contributed by atoms with Gasteiger partial charge in [-0.05, 0) is 35.7 Å². The van der Waals surface area contributed by atoms with Gasteiger partial charge in [0, 0.05) is 29.8 Å². The van der Waals surface area contributed by atoms with E-state index in [0.29, 0.717) is 9.90 Å². The van der Waals surface area contributed by atoms with Crippen molar-refractivity contribution in [2.45, 2.75) is 4.21 Å². The SMILES string of the molecule is Cn1ccc2cc(NS(=O)(=O)c3cccs3)ccc21. The van der Waals surface area contributed by atoms with Crippen LogP contribution in [0.4, 0.5) is 5.69 Å². The lowest BCUT2D eigenvalue weighted by Gasteiger charge is -2.06. The van der Waals surface area contributed by atoms with Crippen LogP contribution in [0.1, 0.15) is 0 Å². The van der Waals surface area contributed by atoms with E-state index in [1.165, 1.54) is 11.3 Å². The highest BCUT2D eigenvalue weighted by Crippen LogP contribution is 2.23. The molecule has 1 aromatic carbocycles. The van der Waals surface area contributed by atoms with Crippen LogP contribution < -0.4 is 4.72 Å². The van der Waals surface area contributed by atoms with E-state index >= 15 is 0 Å². The average Bonchev–Trinajstić information content (AvgIpc) is 2.99. The Morgan fingerprint density at radius 3 is 2.79 bits per heavy atom. The van der Waals surface area contributed by atoms with E-state index in [1.807, 2.05) is 36.0 Å². The van der Waals surface area contributed by atoms with Crippen LogP contribution >= 0.6 is 11.3 Å². The number of anilines is 1. The quantitative estimate of drug-likeness (QED) is 0.806. The van der Waals surface area contributed by atoms with Gasteiger partial charge in [0.15, 0.2) is 0 Å². The van der Waals surface area contributed by atoms with Crippen molar-refractivity contribution >= 4 is 38.0 Å². The Morgan fingerprint density at radius 1 is 1.21 bits per heavy atom. The Labute approximate surface area is 115 Å². The van der Waals surface area contributed by atoms with Crippen molar-refractivity contribution in [1.82, 2.24) is 4.57 Å². The van der Waals surface area contributed by atoms with Gasteiger partial charge in [-0.25, -0.2) is 8.42 Å². The molecule has 0 aliphatic rings. The molecule has 0 unspecified atom stereocenters. The summed E-state index contributed by atoms with van der Waals surface area (Å²) in [4.78, 5) is 0. The van der Waals surface area contributed by atoms with Crippen molar-refractivity contribution < 1.29 is 8.42 Å². The van der Waals surface area contributed by atoms with Gasteiger partial charge in [0.2, 0.25) is 0 Å². The van der Waals surface area contributed by atoms with Gasteiger partial charge in [0.1, 0.15) is 4.21 Å². The number of fused-ring (bicyclic) bond motifs is 1. The lowest BCUT2D eigenvalue weighted by molar-refractivity contribution is 0.603. The van der Waals surface area contributed by atoms with Crippen LogP contribution in [-0.4, -0.2) is 13.0 Å². The van der Waals surface area contributed by atoms with Crippen molar-refractivity contribution in [3.63, 3.8) is 0 Å². The van der Waals surface area contributed by atoms with Gasteiger partial charge in [0.25, 0.3) is 10.0 Å². The molecule has 4 nitrogen and oxygen atoms in total. The molecule has 6 heteroatoms. The van der Waals surface area contributed by atoms with Crippen molar-refractivity contribution in [1.29, 1.82) is 0 Å². The van der Waals surface area contributed by atoms with Crippen molar-refractivity contribution in [3.05, 3.63) is 48.0 Å². The number of rotatable bonds is 3. The predicted octanol–water partition coefficient (Wildman–Crippen LogP) is 3.04. The number of thiophene rings is 1. The van der Waals surface area contributed by atoms with E-state index in [2.05, 4.69) is 4.72 Å². The summed E-state index contributed by atoms with van der Waals surface area (Å²) in [6, 6.07) is 10.8. The molecule has 2 heterocycles. The van der Waals surface area contributed by atoms with Crippen LogP contribution in [0.2, 0.25) is 0 Å². The van der Waals surface area contributed by atoms with Crippen LogP contribution in [0, 0.1) is 0 Å². The Balaban J connectivity index is 1.98. The molecule has 0 bridgehead atoms. The summed E-state index contributed by atoms with van der Waals surface area (Å²) in [5.74, 6) is 0. The maximum Gasteiger partial charge on any atom is 0.271 e. The summed E-state index contributed by atoms with van der Waals surface area (Å²) in [6.45, 7) is 0. The Kier molecular flexibility index (Phi) is 2.83. The summed E-state index contributed by atoms with van der Waals surface area (Å²) in [6.07, 6.45) is 1.95. The largest absolute Gasteiger partial charge is 0.351 e. The first-order valence-electron chi connectivity index (χ1n) is 5.68. The minimum Gasteiger partial charge on any atom is -0.351 e. The van der Waals surface area contributed by atoms with Crippen molar-refractivity contribution in [2.75, 3.05) is 4.72 Å². The highest BCUT2D eigenvalue weighted by molar-refractivity contribution is 7.94. The van der Waals surface area contributed by atoms with E-state index in [-0.39, 0.29) is 0 Å². The zero-order chi connectivity index (χ0) is 13.5. The van der Waals surface area contributed by atoms with E-state index in [9.17, 15) is 8.42 Å². The fourth-order valence-electron chi connectivity index (χ4n) is 1.97. The second kappa shape index (κ2) is 4.40. The third-order valence-corrected chi connectivity index (χ3v) is 5.68. The molecule has 0 aliphatic carbocycles. The van der Waals surface area contributed by atoms with Crippen LogP contribution in [-0.2, 0) is 17.1 Å². The van der Waals surface area contributed by atoms with Gasteiger partial charge in [0.05, 0.1) is 0 Å². The van der Waals surface area contributed by atoms with Crippen molar-refractivity contribution in [2.24, 2.45) is 7.05 Å². The summed E-state index contributed by atoms with van der Waals surface area (Å²) < 4.78 is 29.1. The Bertz CT molecular complexity index is 818. The molecule has 2 aromatic heterocycles. The van der Waals surface area contributed by atoms with Crippen molar-refractivity contribution in [3.8, 4) is 0 Å². The van der Waals surface area contributed by atoms with E-state index < -0.39 is 10.0 Å². The fourth-order valence-corrected chi connectivity index (χ4v) is 4.01. The van der Waals surface area contributed by atoms with Gasteiger partial charge in [-0.2, -0.15) is 0 Å². The molecule has 19 heavy (non-hydrogen) atoms. The number of benzene rings is 1. The van der Waals surface area contributed by atoms with E-state index in [4.69, 9.17) is 0 Å². The fraction of sp³-hybridized carbons (Fsp3) is 0.0769. The maximum atomic E-state index is 12.1. The monoisotopic (exact) mass is 292 g/mol. The first-order chi connectivity index (χ1) is 9.06. The highest BCUT2D eigenvalue weighted by atomic mass is 32.2. The molecular weight excluding hydrogens is 280 g/mol. The minimum absolute atomic E-state index is 0.320. The van der Waals surface area contributed by atoms with Crippen LogP contribution in [0.3, 0.4) is 0 Å². The zero-order valence-electron chi connectivity index (χ0n) is 10.2. The number of hydrogen-bond donors (Lipinski definition) is 1. The topological polar surface area (TPSA) is 51.1 Å². The molecule has 0 aliphatic heterocycles. The van der Waals surface area contributed by atoms with Crippen LogP contribution in [0.15, 0.2) is 52.2 Å². The number of aryl methyl sites for hydroxylation is 1. The molecule has 0 saturated heterocycles. The zero-order valence-corrected chi connectivity index (χ0v) is 11.8. The van der Waals surface area contributed by atoms with Gasteiger partial charge in [-0.3, -0.25) is 4.72 Å². The molecule has 1 N–H and O–H groups in total. The summed E-state index contributed by atoms with van der Waals surface area (Å²) in [5, 5.41) is 2.75. The van der Waals surface area contributed by atoms with E-state index in [1.54, 1.807) is 23.6 Å². The van der Waals surface area contributed by atoms with Gasteiger partial charge in [-0.1, -0.05) is 6.07 Å². The third-order valence-electron chi connectivity index (χ3n) is 2.90. The molecule has 0 atom stereocenters. The van der Waals surface area contributed by atoms with Gasteiger partial charge >= 0.3 is 0 Å². The number of nitrogens with zero attached hydrogens (tertiary/aromatic N) is 1. The standard InChI is InChI=1S/C13H12N2O2S2/c1-15-7-6-10-9-11(4-5-12(10)15)14-19(16,17)13-3-2-8-18-13/h2-9,14H,1H3. The van der Waals surface area contributed by atoms with Gasteiger partial charge in [-0.15, -0.1) is 11.3 Å². The second-order valence-electron chi connectivity index (χ2n) is 4.24. The Hall–Kier alpha value is -1.79. The molecule has 98 valence electrons. The number of nitrogens with one attached hydrogen (secondary N) is 1. The molecule has 3 rings (SSSR count). The molecular formula is C13H12N2O2S2. The summed E-state index contributed by atoms with van der Waals surface area (Å²) in [5.41, 5.74) is 1.64.